The van der Waals surface area contributed by atoms with Crippen LogP contribution in [0.5, 0.6) is 11.5 Å². The Morgan fingerprint density at radius 2 is 1.67 bits per heavy atom. The van der Waals surface area contributed by atoms with Gasteiger partial charge in [0.15, 0.2) is 11.5 Å². The fourth-order valence-corrected chi connectivity index (χ4v) is 4.53. The highest BCUT2D eigenvalue weighted by Crippen LogP contribution is 2.39. The number of methoxy groups -OCH3 is 2. The lowest BCUT2D eigenvalue weighted by Crippen LogP contribution is -2.38. The van der Waals surface area contributed by atoms with Crippen LogP contribution in [-0.2, 0) is 11.2 Å². The first-order chi connectivity index (χ1) is 16.0. The van der Waals surface area contributed by atoms with E-state index in [0.29, 0.717) is 40.2 Å². The van der Waals surface area contributed by atoms with Gasteiger partial charge in [0.05, 0.1) is 25.6 Å². The molecule has 0 bridgehead atoms. The lowest BCUT2D eigenvalue weighted by atomic mass is 9.99. The van der Waals surface area contributed by atoms with Crippen molar-refractivity contribution in [3.05, 3.63) is 87.4 Å². The smallest absolute Gasteiger partial charge is 0.252 e. The first-order valence-corrected chi connectivity index (χ1v) is 11.4. The van der Waals surface area contributed by atoms with Gasteiger partial charge in [0, 0.05) is 40.2 Å². The molecule has 3 aromatic rings. The molecule has 5 nitrogen and oxygen atoms in total. The van der Waals surface area contributed by atoms with Gasteiger partial charge in [-0.25, -0.2) is 0 Å². The van der Waals surface area contributed by atoms with Crippen molar-refractivity contribution in [1.29, 1.82) is 0 Å². The maximum atomic E-state index is 13.7. The minimum absolute atomic E-state index is 0.108. The average Bonchev–Trinajstić information content (AvgIpc) is 2.94. The van der Waals surface area contributed by atoms with Crippen LogP contribution in [0.3, 0.4) is 0 Å². The van der Waals surface area contributed by atoms with Crippen molar-refractivity contribution in [3.8, 4) is 11.5 Å². The molecular weight excluding hydrogens is 459 g/mol. The summed E-state index contributed by atoms with van der Waals surface area (Å²) in [5.41, 5.74) is 3.97. The summed E-state index contributed by atoms with van der Waals surface area (Å²) in [4.78, 5) is 20.5. The zero-order chi connectivity index (χ0) is 23.5. The van der Waals surface area contributed by atoms with Gasteiger partial charge >= 0.3 is 0 Å². The van der Waals surface area contributed by atoms with Gasteiger partial charge in [0.25, 0.3) is 5.91 Å². The third kappa shape index (κ3) is 4.56. The molecule has 1 unspecified atom stereocenters. The molecule has 0 N–H and O–H groups in total. The molecule has 1 amide bonds. The number of amides is 1. The van der Waals surface area contributed by atoms with Gasteiger partial charge in [-0.15, -0.1) is 0 Å². The number of hydrogen-bond donors (Lipinski definition) is 0. The summed E-state index contributed by atoms with van der Waals surface area (Å²) in [6.07, 6.45) is 0.351. The number of likely N-dealkylation sites (N-methyl/N-ethyl adjacent to an activating group) is 1. The zero-order valence-electron chi connectivity index (χ0n) is 18.6. The number of benzodiazepines with no additional fused rings is 1. The predicted molar refractivity (Wildman–Crippen MR) is 134 cm³/mol. The monoisotopic (exact) mass is 482 g/mol. The molecule has 0 aromatic heterocycles. The molecule has 4 rings (SSSR count). The van der Waals surface area contributed by atoms with Gasteiger partial charge in [-0.05, 0) is 30.7 Å². The van der Waals surface area contributed by atoms with Crippen molar-refractivity contribution in [2.75, 3.05) is 25.7 Å². The second kappa shape index (κ2) is 9.86. The number of halogens is 2. The van der Waals surface area contributed by atoms with Crippen molar-refractivity contribution in [3.63, 3.8) is 0 Å². The van der Waals surface area contributed by atoms with Crippen LogP contribution in [0.2, 0.25) is 10.0 Å². The minimum atomic E-state index is -0.664. The van der Waals surface area contributed by atoms with Crippen molar-refractivity contribution >= 4 is 40.5 Å². The van der Waals surface area contributed by atoms with E-state index in [4.69, 9.17) is 37.7 Å². The van der Waals surface area contributed by atoms with E-state index in [0.717, 1.165) is 22.4 Å². The summed E-state index contributed by atoms with van der Waals surface area (Å²) in [6, 6.07) is 18.2. The lowest BCUT2D eigenvalue weighted by molar-refractivity contribution is -0.119. The van der Waals surface area contributed by atoms with Crippen molar-refractivity contribution in [1.82, 2.24) is 0 Å². The van der Waals surface area contributed by atoms with Gasteiger partial charge in [0.2, 0.25) is 0 Å². The molecule has 1 heterocycles. The Balaban J connectivity index is 1.92. The molecule has 7 heteroatoms. The standard InChI is InChI=1S/C26H24Cl2N2O3/c1-4-30-22-15-24(33-3)23(32-2)14-19(22)25(16-8-6-5-7-9-16)29-21(26(30)31)12-17-10-11-18(27)13-20(17)28/h5-11,13-15,21H,4,12H2,1-3H3. The van der Waals surface area contributed by atoms with Crippen LogP contribution in [0.4, 0.5) is 5.69 Å². The van der Waals surface area contributed by atoms with E-state index in [1.807, 2.05) is 55.5 Å². The highest BCUT2D eigenvalue weighted by molar-refractivity contribution is 6.35. The fourth-order valence-electron chi connectivity index (χ4n) is 4.04. The summed E-state index contributed by atoms with van der Waals surface area (Å²) in [6.45, 7) is 2.42. The number of anilines is 1. The minimum Gasteiger partial charge on any atom is -0.493 e. The summed E-state index contributed by atoms with van der Waals surface area (Å²) in [5, 5.41) is 1.06. The molecule has 0 saturated carbocycles. The molecule has 0 aliphatic carbocycles. The Hall–Kier alpha value is -3.02. The Bertz CT molecular complexity index is 1210. The maximum absolute atomic E-state index is 13.7. The van der Waals surface area contributed by atoms with Crippen molar-refractivity contribution in [2.45, 2.75) is 19.4 Å². The Morgan fingerprint density at radius 1 is 0.970 bits per heavy atom. The summed E-state index contributed by atoms with van der Waals surface area (Å²) < 4.78 is 11.1. The molecule has 0 radical (unpaired) electrons. The van der Waals surface area contributed by atoms with E-state index in [-0.39, 0.29) is 5.91 Å². The molecule has 1 atom stereocenters. The van der Waals surface area contributed by atoms with Crippen molar-refractivity contribution < 1.29 is 14.3 Å². The largest absolute Gasteiger partial charge is 0.493 e. The fraction of sp³-hybridized carbons (Fsp3) is 0.231. The van der Waals surface area contributed by atoms with Crippen LogP contribution >= 0.6 is 23.2 Å². The van der Waals surface area contributed by atoms with E-state index in [2.05, 4.69) is 0 Å². The highest BCUT2D eigenvalue weighted by atomic mass is 35.5. The zero-order valence-corrected chi connectivity index (χ0v) is 20.2. The van der Waals surface area contributed by atoms with Crippen LogP contribution in [-0.4, -0.2) is 38.4 Å². The molecule has 1 aliphatic heterocycles. The number of carbonyl (C=O) groups excluding carboxylic acids is 1. The molecule has 170 valence electrons. The summed E-state index contributed by atoms with van der Waals surface area (Å²) in [7, 11) is 3.17. The second-order valence-corrected chi connectivity index (χ2v) is 8.45. The molecule has 0 spiro atoms. The quantitative estimate of drug-likeness (QED) is 0.444. The van der Waals surface area contributed by atoms with Gasteiger partial charge in [-0.3, -0.25) is 9.79 Å². The Morgan fingerprint density at radius 3 is 2.30 bits per heavy atom. The normalized spacial score (nSPS) is 15.5. The summed E-state index contributed by atoms with van der Waals surface area (Å²) in [5.74, 6) is 1.01. The molecule has 33 heavy (non-hydrogen) atoms. The molecule has 0 fully saturated rings. The van der Waals surface area contributed by atoms with E-state index < -0.39 is 6.04 Å². The Kier molecular flexibility index (Phi) is 6.91. The van der Waals surface area contributed by atoms with Gasteiger partial charge < -0.3 is 14.4 Å². The van der Waals surface area contributed by atoms with E-state index in [1.54, 1.807) is 31.3 Å². The second-order valence-electron chi connectivity index (χ2n) is 7.61. The van der Waals surface area contributed by atoms with E-state index in [1.165, 1.54) is 0 Å². The topological polar surface area (TPSA) is 51.1 Å². The van der Waals surface area contributed by atoms with Crippen LogP contribution in [0.25, 0.3) is 0 Å². The maximum Gasteiger partial charge on any atom is 0.252 e. The van der Waals surface area contributed by atoms with E-state index >= 15 is 0 Å². The number of rotatable bonds is 6. The molecule has 3 aromatic carbocycles. The van der Waals surface area contributed by atoms with Crippen LogP contribution in [0, 0.1) is 0 Å². The van der Waals surface area contributed by atoms with E-state index in [9.17, 15) is 4.79 Å². The van der Waals surface area contributed by atoms with Gasteiger partial charge in [0.1, 0.15) is 6.04 Å². The van der Waals surface area contributed by atoms with Crippen LogP contribution < -0.4 is 14.4 Å². The number of hydrogen-bond acceptors (Lipinski definition) is 4. The van der Waals surface area contributed by atoms with Gasteiger partial charge in [-0.2, -0.15) is 0 Å². The predicted octanol–water partition coefficient (Wildman–Crippen LogP) is 5.83. The Labute approximate surface area is 203 Å². The molecule has 1 aliphatic rings. The molecular formula is C26H24Cl2N2O3. The SMILES string of the molecule is CCN1C(=O)C(Cc2ccc(Cl)cc2Cl)N=C(c2ccccc2)c2cc(OC)c(OC)cc21. The third-order valence-electron chi connectivity index (χ3n) is 5.68. The average molecular weight is 483 g/mol. The van der Waals surface area contributed by atoms with Crippen LogP contribution in [0.15, 0.2) is 65.7 Å². The summed E-state index contributed by atoms with van der Waals surface area (Å²) >= 11 is 12.5. The number of fused-ring (bicyclic) bond motifs is 1. The number of benzene rings is 3. The third-order valence-corrected chi connectivity index (χ3v) is 6.26. The molecule has 0 saturated heterocycles. The number of carbonyl (C=O) groups is 1. The number of ether oxygens (including phenoxy) is 2. The number of nitrogens with zero attached hydrogens (tertiary/aromatic N) is 2. The highest BCUT2D eigenvalue weighted by Gasteiger charge is 2.33. The number of aliphatic imine (C=N–C) groups is 1. The van der Waals surface area contributed by atoms with Gasteiger partial charge in [-0.1, -0.05) is 59.6 Å². The van der Waals surface area contributed by atoms with Crippen LogP contribution in [0.1, 0.15) is 23.6 Å². The first kappa shape index (κ1) is 23.1. The lowest BCUT2D eigenvalue weighted by Gasteiger charge is -2.25. The first-order valence-electron chi connectivity index (χ1n) is 10.6. The van der Waals surface area contributed by atoms with Crippen molar-refractivity contribution in [2.24, 2.45) is 4.99 Å².